The topological polar surface area (TPSA) is 73.0 Å². The van der Waals surface area contributed by atoms with Gasteiger partial charge in [0, 0.05) is 80.3 Å². The predicted octanol–water partition coefficient (Wildman–Crippen LogP) is 4.81. The molecule has 2 aliphatic heterocycles. The molecule has 4 rings (SSSR count). The Kier molecular flexibility index (Phi) is 8.40. The van der Waals surface area contributed by atoms with E-state index in [2.05, 4.69) is 31.0 Å². The van der Waals surface area contributed by atoms with E-state index in [9.17, 15) is 14.4 Å². The summed E-state index contributed by atoms with van der Waals surface area (Å²) in [5.41, 5.74) is 1.29. The molecular weight excluding hydrogens is 523 g/mol. The average molecular weight is 560 g/mol. The summed E-state index contributed by atoms with van der Waals surface area (Å²) in [5.74, 6) is -0.0799. The highest BCUT2D eigenvalue weighted by Gasteiger charge is 2.52. The van der Waals surface area contributed by atoms with Crippen LogP contribution in [0.3, 0.4) is 0 Å². The first-order valence-corrected chi connectivity index (χ1v) is 13.8. The van der Waals surface area contributed by atoms with Gasteiger partial charge in [-0.2, -0.15) is 0 Å². The lowest BCUT2D eigenvalue weighted by molar-refractivity contribution is -0.139. The zero-order valence-corrected chi connectivity index (χ0v) is 24.0. The van der Waals surface area contributed by atoms with Crippen LogP contribution in [0.1, 0.15) is 45.2 Å². The third-order valence-electron chi connectivity index (χ3n) is 7.28. The summed E-state index contributed by atoms with van der Waals surface area (Å²) in [7, 11) is 0. The van der Waals surface area contributed by atoms with Crippen molar-refractivity contribution >= 4 is 46.6 Å². The number of nitrogens with one attached hydrogen (secondary N) is 1. The summed E-state index contributed by atoms with van der Waals surface area (Å²) in [4.78, 5) is 44.7. The highest BCUT2D eigenvalue weighted by atomic mass is 35.5. The Hall–Kier alpha value is -2.61. The van der Waals surface area contributed by atoms with Gasteiger partial charge in [-0.3, -0.25) is 19.3 Å². The second kappa shape index (κ2) is 11.2. The molecule has 3 amide bonds. The minimum Gasteiger partial charge on any atom is -0.339 e. The molecule has 38 heavy (non-hydrogen) atoms. The third-order valence-corrected chi connectivity index (χ3v) is 7.75. The number of nitrogens with zero attached hydrogens (tertiary/aromatic N) is 3. The van der Waals surface area contributed by atoms with E-state index >= 15 is 0 Å². The van der Waals surface area contributed by atoms with E-state index in [0.29, 0.717) is 61.4 Å². The van der Waals surface area contributed by atoms with E-state index in [1.54, 1.807) is 17.9 Å². The van der Waals surface area contributed by atoms with E-state index in [-0.39, 0.29) is 29.6 Å². The largest absolute Gasteiger partial charge is 0.339 e. The molecule has 1 unspecified atom stereocenters. The molecule has 2 aromatic carbocycles. The molecule has 0 saturated carbocycles. The number of fused-ring (bicyclic) bond motifs is 1. The molecule has 2 aliphatic rings. The SMILES string of the molecule is CC(=O)N1CCN(C(=O)CCN(CC(C)(C)C)C2(Cc3cccc(Cl)c3)C(=O)Nc3cc(Cl)ccc32)CC1. The number of amides is 3. The van der Waals surface area contributed by atoms with Gasteiger partial charge in [0.2, 0.25) is 17.7 Å². The summed E-state index contributed by atoms with van der Waals surface area (Å²) in [6.07, 6.45) is 0.666. The van der Waals surface area contributed by atoms with Crippen molar-refractivity contribution in [3.63, 3.8) is 0 Å². The molecule has 0 radical (unpaired) electrons. The van der Waals surface area contributed by atoms with Crippen molar-refractivity contribution in [3.8, 4) is 0 Å². The Morgan fingerprint density at radius 1 is 1.00 bits per heavy atom. The van der Waals surface area contributed by atoms with Crippen LogP contribution in [0.25, 0.3) is 0 Å². The average Bonchev–Trinajstić information content (AvgIpc) is 3.11. The Morgan fingerprint density at radius 2 is 1.66 bits per heavy atom. The van der Waals surface area contributed by atoms with E-state index < -0.39 is 5.54 Å². The molecule has 2 heterocycles. The van der Waals surface area contributed by atoms with E-state index in [4.69, 9.17) is 23.2 Å². The first-order valence-electron chi connectivity index (χ1n) is 13.0. The van der Waals surface area contributed by atoms with E-state index in [0.717, 1.165) is 11.1 Å². The lowest BCUT2D eigenvalue weighted by Crippen LogP contribution is -2.56. The van der Waals surface area contributed by atoms with Gasteiger partial charge in [0.05, 0.1) is 0 Å². The number of hydrogen-bond donors (Lipinski definition) is 1. The van der Waals surface area contributed by atoms with Gasteiger partial charge in [-0.15, -0.1) is 0 Å². The predicted molar refractivity (Wildman–Crippen MR) is 151 cm³/mol. The van der Waals surface area contributed by atoms with Crippen LogP contribution in [0.15, 0.2) is 42.5 Å². The van der Waals surface area contributed by atoms with Crippen molar-refractivity contribution < 1.29 is 14.4 Å². The maximum absolute atomic E-state index is 14.0. The fourth-order valence-corrected chi connectivity index (χ4v) is 5.89. The highest BCUT2D eigenvalue weighted by molar-refractivity contribution is 6.31. The van der Waals surface area contributed by atoms with Gasteiger partial charge in [0.25, 0.3) is 0 Å². The molecule has 0 spiro atoms. The molecule has 1 atom stereocenters. The first-order chi connectivity index (χ1) is 17.9. The zero-order valence-electron chi connectivity index (χ0n) is 22.5. The van der Waals surface area contributed by atoms with Crippen molar-refractivity contribution in [2.45, 2.75) is 46.1 Å². The summed E-state index contributed by atoms with van der Waals surface area (Å²) < 4.78 is 0. The monoisotopic (exact) mass is 558 g/mol. The summed E-state index contributed by atoms with van der Waals surface area (Å²) in [6, 6.07) is 13.1. The number of hydrogen-bond acceptors (Lipinski definition) is 4. The van der Waals surface area contributed by atoms with Crippen LogP contribution in [-0.2, 0) is 26.3 Å². The number of carbonyl (C=O) groups is 3. The summed E-state index contributed by atoms with van der Waals surface area (Å²) in [6.45, 7) is 11.1. The number of carbonyl (C=O) groups excluding carboxylic acids is 3. The first kappa shape index (κ1) is 28.4. The van der Waals surface area contributed by atoms with Crippen LogP contribution in [0.2, 0.25) is 10.0 Å². The van der Waals surface area contributed by atoms with Gasteiger partial charge in [-0.25, -0.2) is 0 Å². The molecule has 9 heteroatoms. The molecule has 2 aromatic rings. The fraction of sp³-hybridized carbons (Fsp3) is 0.483. The van der Waals surface area contributed by atoms with Crippen molar-refractivity contribution in [2.75, 3.05) is 44.6 Å². The van der Waals surface area contributed by atoms with Gasteiger partial charge in [0.1, 0.15) is 5.54 Å². The molecule has 204 valence electrons. The lowest BCUT2D eigenvalue weighted by Gasteiger charge is -2.43. The molecule has 0 bridgehead atoms. The van der Waals surface area contributed by atoms with Gasteiger partial charge >= 0.3 is 0 Å². The normalized spacial score (nSPS) is 19.5. The second-order valence-corrected chi connectivity index (χ2v) is 12.3. The van der Waals surface area contributed by atoms with Crippen LogP contribution in [0.5, 0.6) is 0 Å². The van der Waals surface area contributed by atoms with Crippen molar-refractivity contribution in [1.29, 1.82) is 0 Å². The standard InChI is InChI=1S/C29H36Cl2N4O3/c1-20(36)33-12-14-34(15-13-33)26(37)10-11-35(19-28(2,3)4)29(18-21-6-5-7-22(30)16-21)24-9-8-23(31)17-25(24)32-27(29)38/h5-9,16-17H,10-15,18-19H2,1-4H3,(H,32,38). The molecule has 1 N–H and O–H groups in total. The Bertz CT molecular complexity index is 1220. The Balaban J connectivity index is 1.67. The van der Waals surface area contributed by atoms with Crippen molar-refractivity contribution in [2.24, 2.45) is 5.41 Å². The number of benzene rings is 2. The van der Waals surface area contributed by atoms with Gasteiger partial charge in [0.15, 0.2) is 0 Å². The van der Waals surface area contributed by atoms with Crippen molar-refractivity contribution in [3.05, 3.63) is 63.6 Å². The molecule has 1 saturated heterocycles. The second-order valence-electron chi connectivity index (χ2n) is 11.4. The molecule has 7 nitrogen and oxygen atoms in total. The third kappa shape index (κ3) is 6.16. The summed E-state index contributed by atoms with van der Waals surface area (Å²) >= 11 is 12.6. The van der Waals surface area contributed by atoms with E-state index in [1.807, 2.05) is 41.3 Å². The number of halogens is 2. The highest BCUT2D eigenvalue weighted by Crippen LogP contribution is 2.45. The minimum absolute atomic E-state index is 0.0275. The van der Waals surface area contributed by atoms with Gasteiger partial charge in [-0.05, 0) is 35.2 Å². The molecule has 0 aliphatic carbocycles. The van der Waals surface area contributed by atoms with Crippen LogP contribution < -0.4 is 5.32 Å². The fourth-order valence-electron chi connectivity index (χ4n) is 5.51. The minimum atomic E-state index is -1.04. The van der Waals surface area contributed by atoms with Crippen molar-refractivity contribution in [1.82, 2.24) is 14.7 Å². The van der Waals surface area contributed by atoms with Crippen LogP contribution in [-0.4, -0.2) is 71.7 Å². The quantitative estimate of drug-likeness (QED) is 0.529. The smallest absolute Gasteiger partial charge is 0.249 e. The van der Waals surface area contributed by atoms with E-state index in [1.165, 1.54) is 0 Å². The number of piperazine rings is 1. The number of rotatable bonds is 7. The molecular formula is C29H36Cl2N4O3. The zero-order chi connectivity index (χ0) is 27.7. The Morgan fingerprint density at radius 3 is 2.29 bits per heavy atom. The molecule has 0 aromatic heterocycles. The molecule has 1 fully saturated rings. The maximum atomic E-state index is 14.0. The van der Waals surface area contributed by atoms with Gasteiger partial charge < -0.3 is 15.1 Å². The Labute approximate surface area is 235 Å². The van der Waals surface area contributed by atoms with Crippen LogP contribution >= 0.6 is 23.2 Å². The van der Waals surface area contributed by atoms with Crippen LogP contribution in [0, 0.1) is 5.41 Å². The summed E-state index contributed by atoms with van der Waals surface area (Å²) in [5, 5.41) is 4.22. The van der Waals surface area contributed by atoms with Gasteiger partial charge in [-0.1, -0.05) is 62.2 Å². The maximum Gasteiger partial charge on any atom is 0.249 e. The lowest BCUT2D eigenvalue weighted by atomic mass is 9.81. The van der Waals surface area contributed by atoms with Crippen LogP contribution in [0.4, 0.5) is 5.69 Å². The number of anilines is 1.